The predicted molar refractivity (Wildman–Crippen MR) is 56.3 cm³/mol. The third-order valence-corrected chi connectivity index (χ3v) is 2.96. The molecule has 7 heteroatoms. The van der Waals surface area contributed by atoms with E-state index in [9.17, 15) is 8.42 Å². The first-order valence-corrected chi connectivity index (χ1v) is 6.64. The Labute approximate surface area is 90.3 Å². The Bertz CT molecular complexity index is 278. The molecule has 1 atom stereocenters. The number of hydrogen-bond donors (Lipinski definition) is 2. The first kappa shape index (κ1) is 12.9. The number of ether oxygens (including phenoxy) is 1. The molecular formula is C8H18N2O4S. The van der Waals surface area contributed by atoms with Crippen LogP contribution in [0.4, 0.5) is 0 Å². The summed E-state index contributed by atoms with van der Waals surface area (Å²) in [5.74, 6) is -0.216. The van der Waals surface area contributed by atoms with Crippen molar-refractivity contribution in [2.45, 2.75) is 13.2 Å². The number of rotatable bonds is 5. The number of nitrogens with one attached hydrogen (secondary N) is 1. The molecule has 0 spiro atoms. The van der Waals surface area contributed by atoms with Crippen molar-refractivity contribution < 1.29 is 17.7 Å². The standard InChI is InChI=1S/C8H18N2O4S/c1-2-14-8-7-10(4-3-9-8)5-6-15(11,12)13/h8-9H,2-7H2,1H3,(H,11,12,13). The van der Waals surface area contributed by atoms with Gasteiger partial charge in [0.05, 0.1) is 5.75 Å². The minimum absolute atomic E-state index is 0.0369. The summed E-state index contributed by atoms with van der Waals surface area (Å²) in [6.45, 7) is 5.10. The van der Waals surface area contributed by atoms with Crippen molar-refractivity contribution in [3.05, 3.63) is 0 Å². The summed E-state index contributed by atoms with van der Waals surface area (Å²) < 4.78 is 35.1. The minimum Gasteiger partial charge on any atom is -0.362 e. The summed E-state index contributed by atoms with van der Waals surface area (Å²) in [4.78, 5) is 1.96. The highest BCUT2D eigenvalue weighted by atomic mass is 32.2. The van der Waals surface area contributed by atoms with Gasteiger partial charge in [0.15, 0.2) is 0 Å². The van der Waals surface area contributed by atoms with Crippen molar-refractivity contribution >= 4 is 10.1 Å². The lowest BCUT2D eigenvalue weighted by atomic mass is 10.3. The van der Waals surface area contributed by atoms with Crippen molar-refractivity contribution in [2.24, 2.45) is 0 Å². The van der Waals surface area contributed by atoms with Gasteiger partial charge in [-0.25, -0.2) is 0 Å². The first-order valence-electron chi connectivity index (χ1n) is 5.04. The lowest BCUT2D eigenvalue weighted by Crippen LogP contribution is -2.52. The van der Waals surface area contributed by atoms with Crippen LogP contribution < -0.4 is 5.32 Å². The number of nitrogens with zero attached hydrogens (tertiary/aromatic N) is 1. The van der Waals surface area contributed by atoms with E-state index in [1.54, 1.807) is 0 Å². The third-order valence-electron chi connectivity index (χ3n) is 2.26. The summed E-state index contributed by atoms with van der Waals surface area (Å²) in [6.07, 6.45) is -0.0369. The van der Waals surface area contributed by atoms with E-state index in [1.165, 1.54) is 0 Å². The van der Waals surface area contributed by atoms with Crippen LogP contribution >= 0.6 is 0 Å². The van der Waals surface area contributed by atoms with Crippen LogP contribution in [0.15, 0.2) is 0 Å². The molecule has 1 rings (SSSR count). The zero-order valence-corrected chi connectivity index (χ0v) is 9.66. The SMILES string of the molecule is CCOC1CN(CCS(=O)(=O)O)CCN1. The summed E-state index contributed by atoms with van der Waals surface area (Å²) in [7, 11) is -3.86. The Balaban J connectivity index is 2.30. The van der Waals surface area contributed by atoms with Crippen LogP contribution in [0.3, 0.4) is 0 Å². The van der Waals surface area contributed by atoms with Crippen LogP contribution in [0.5, 0.6) is 0 Å². The molecule has 0 aromatic rings. The number of piperazine rings is 1. The van der Waals surface area contributed by atoms with E-state index >= 15 is 0 Å². The fourth-order valence-electron chi connectivity index (χ4n) is 1.53. The average molecular weight is 238 g/mol. The van der Waals surface area contributed by atoms with Crippen LogP contribution in [0, 0.1) is 0 Å². The van der Waals surface area contributed by atoms with Gasteiger partial charge in [-0.1, -0.05) is 0 Å². The van der Waals surface area contributed by atoms with E-state index in [0.29, 0.717) is 19.7 Å². The van der Waals surface area contributed by atoms with Crippen molar-refractivity contribution in [1.29, 1.82) is 0 Å². The zero-order valence-electron chi connectivity index (χ0n) is 8.85. The maximum Gasteiger partial charge on any atom is 0.266 e. The lowest BCUT2D eigenvalue weighted by Gasteiger charge is -2.32. The quantitative estimate of drug-likeness (QED) is 0.607. The monoisotopic (exact) mass is 238 g/mol. The van der Waals surface area contributed by atoms with Crippen LogP contribution in [-0.4, -0.2) is 62.6 Å². The molecule has 1 heterocycles. The number of hydrogen-bond acceptors (Lipinski definition) is 5. The molecule has 0 amide bonds. The van der Waals surface area contributed by atoms with Crippen molar-refractivity contribution in [2.75, 3.05) is 38.5 Å². The van der Waals surface area contributed by atoms with Gasteiger partial charge in [0.1, 0.15) is 6.23 Å². The Morgan fingerprint density at radius 3 is 2.93 bits per heavy atom. The molecule has 2 N–H and O–H groups in total. The first-order chi connectivity index (χ1) is 7.01. The van der Waals surface area contributed by atoms with Gasteiger partial charge >= 0.3 is 0 Å². The van der Waals surface area contributed by atoms with Crippen molar-refractivity contribution in [1.82, 2.24) is 10.2 Å². The molecule has 0 radical (unpaired) electrons. The second kappa shape index (κ2) is 5.76. The predicted octanol–water partition coefficient (Wildman–Crippen LogP) is -0.858. The van der Waals surface area contributed by atoms with E-state index < -0.39 is 10.1 Å². The van der Waals surface area contributed by atoms with Gasteiger partial charge in [-0.3, -0.25) is 14.8 Å². The van der Waals surface area contributed by atoms with Gasteiger partial charge in [-0.2, -0.15) is 8.42 Å². The molecule has 0 saturated carbocycles. The molecule has 1 aliphatic rings. The topological polar surface area (TPSA) is 78.9 Å². The molecule has 90 valence electrons. The summed E-state index contributed by atoms with van der Waals surface area (Å²) in [5, 5.41) is 3.17. The largest absolute Gasteiger partial charge is 0.362 e. The molecule has 1 fully saturated rings. The molecule has 1 saturated heterocycles. The summed E-state index contributed by atoms with van der Waals surface area (Å²) in [5.41, 5.74) is 0. The molecule has 6 nitrogen and oxygen atoms in total. The van der Waals surface area contributed by atoms with Crippen molar-refractivity contribution in [3.8, 4) is 0 Å². The molecule has 0 aliphatic carbocycles. The van der Waals surface area contributed by atoms with Gasteiger partial charge in [0.2, 0.25) is 0 Å². The van der Waals surface area contributed by atoms with Crippen molar-refractivity contribution in [3.63, 3.8) is 0 Å². The molecule has 1 unspecified atom stereocenters. The maximum absolute atomic E-state index is 10.6. The highest BCUT2D eigenvalue weighted by molar-refractivity contribution is 7.85. The smallest absolute Gasteiger partial charge is 0.266 e. The maximum atomic E-state index is 10.6. The summed E-state index contributed by atoms with van der Waals surface area (Å²) >= 11 is 0. The fraction of sp³-hybridized carbons (Fsp3) is 1.00. The average Bonchev–Trinajstić information content (AvgIpc) is 2.15. The Hall–Kier alpha value is -0.210. The molecule has 0 aromatic carbocycles. The highest BCUT2D eigenvalue weighted by Gasteiger charge is 2.20. The minimum atomic E-state index is -3.86. The van der Waals surface area contributed by atoms with E-state index in [-0.39, 0.29) is 12.0 Å². The normalized spacial score (nSPS) is 24.3. The van der Waals surface area contributed by atoms with Gasteiger partial charge in [0, 0.05) is 32.8 Å². The molecular weight excluding hydrogens is 220 g/mol. The van der Waals surface area contributed by atoms with Crippen LogP contribution in [0.2, 0.25) is 0 Å². The van der Waals surface area contributed by atoms with E-state index in [0.717, 1.165) is 13.1 Å². The second-order valence-electron chi connectivity index (χ2n) is 3.48. The summed E-state index contributed by atoms with van der Waals surface area (Å²) in [6, 6.07) is 0. The Morgan fingerprint density at radius 2 is 2.33 bits per heavy atom. The zero-order chi connectivity index (χ0) is 11.3. The molecule has 0 aromatic heterocycles. The van der Waals surface area contributed by atoms with Crippen LogP contribution in [0.25, 0.3) is 0 Å². The van der Waals surface area contributed by atoms with Gasteiger partial charge in [-0.15, -0.1) is 0 Å². The van der Waals surface area contributed by atoms with Gasteiger partial charge in [-0.05, 0) is 6.92 Å². The fourth-order valence-corrected chi connectivity index (χ4v) is 2.02. The van der Waals surface area contributed by atoms with Gasteiger partial charge < -0.3 is 4.74 Å². The molecule has 15 heavy (non-hydrogen) atoms. The highest BCUT2D eigenvalue weighted by Crippen LogP contribution is 2.00. The Morgan fingerprint density at radius 1 is 1.60 bits per heavy atom. The van der Waals surface area contributed by atoms with E-state index in [4.69, 9.17) is 9.29 Å². The Kier molecular flexibility index (Phi) is 4.94. The van der Waals surface area contributed by atoms with Crippen LogP contribution in [-0.2, 0) is 14.9 Å². The van der Waals surface area contributed by atoms with E-state index in [1.807, 2.05) is 11.8 Å². The van der Waals surface area contributed by atoms with Gasteiger partial charge in [0.25, 0.3) is 10.1 Å². The second-order valence-corrected chi connectivity index (χ2v) is 5.06. The molecule has 0 bridgehead atoms. The van der Waals surface area contributed by atoms with Crippen LogP contribution in [0.1, 0.15) is 6.92 Å². The molecule has 1 aliphatic heterocycles. The third kappa shape index (κ3) is 5.43. The lowest BCUT2D eigenvalue weighted by molar-refractivity contribution is -0.00691. The van der Waals surface area contributed by atoms with E-state index in [2.05, 4.69) is 5.32 Å².